The van der Waals surface area contributed by atoms with E-state index >= 15 is 0 Å². The lowest BCUT2D eigenvalue weighted by molar-refractivity contribution is -0.152. The number of rotatable bonds is 30. The topological polar surface area (TPSA) is 200 Å². The summed E-state index contributed by atoms with van der Waals surface area (Å²) in [5.41, 5.74) is 0.763. The molecule has 2 aromatic rings. The number of likely N-dealkylation sites (tertiary alicyclic amines) is 2. The molecule has 3 heterocycles. The summed E-state index contributed by atoms with van der Waals surface area (Å²) >= 11 is 2.54. The molecule has 17 nitrogen and oxygen atoms in total. The molecule has 384 valence electrons. The second kappa shape index (κ2) is 29.2. The zero-order valence-corrected chi connectivity index (χ0v) is 43.6. The van der Waals surface area contributed by atoms with Crippen LogP contribution in [0.4, 0.5) is 0 Å². The number of amides is 4. The zero-order chi connectivity index (χ0) is 50.6. The van der Waals surface area contributed by atoms with E-state index in [1.165, 1.54) is 34.9 Å². The van der Waals surface area contributed by atoms with Crippen LogP contribution in [0, 0.1) is 17.8 Å². The molecule has 2 saturated heterocycles. The van der Waals surface area contributed by atoms with Gasteiger partial charge in [0.05, 0.1) is 69.9 Å². The summed E-state index contributed by atoms with van der Waals surface area (Å²) in [6.07, 6.45) is 4.26. The van der Waals surface area contributed by atoms with Gasteiger partial charge in [0.2, 0.25) is 17.7 Å². The number of ketones is 1. The number of Topliss-reactive ketones (excluding diaryl/α,β-unsaturated/α-hetero) is 1. The SMILES string of the molecule is CC[C@H](C)[C@H](CC(=O)C1CCCCN1C)C(=O)N(C)[C@H](C[C@@H](OC(C)=O)c1nc(C(=O)N[C@H](C)[C@@H](OC(=O)CCOCCOCCOCCN2C(=O)CC(SC)C2=O)c2ccccc2)cs1)C(C)C. The average molecular weight is 1000 g/mol. The van der Waals surface area contributed by atoms with Crippen molar-refractivity contribution in [1.29, 1.82) is 0 Å². The molecule has 2 aliphatic heterocycles. The van der Waals surface area contributed by atoms with Crippen molar-refractivity contribution in [3.05, 3.63) is 52.0 Å². The number of thioether (sulfide) groups is 1. The minimum absolute atomic E-state index is 0.0259. The van der Waals surface area contributed by atoms with Gasteiger partial charge in [-0.1, -0.05) is 70.9 Å². The second-order valence-corrected chi connectivity index (χ2v) is 20.2. The maximum absolute atomic E-state index is 14.4. The number of nitrogens with zero attached hydrogens (tertiary/aromatic N) is 4. The fraction of sp³-hybridized carbons (Fsp3) is 0.680. The second-order valence-electron chi connectivity index (χ2n) is 18.3. The molecule has 1 aromatic heterocycles. The molecule has 4 amide bonds. The molecule has 4 rings (SSSR count). The van der Waals surface area contributed by atoms with Crippen molar-refractivity contribution in [3.63, 3.8) is 0 Å². The Kier molecular flexibility index (Phi) is 24.2. The van der Waals surface area contributed by atoms with Gasteiger partial charge >= 0.3 is 11.9 Å². The Morgan fingerprint density at radius 3 is 2.22 bits per heavy atom. The van der Waals surface area contributed by atoms with E-state index < -0.39 is 42.0 Å². The Labute approximate surface area is 416 Å². The third-order valence-electron chi connectivity index (χ3n) is 13.0. The van der Waals surface area contributed by atoms with Gasteiger partial charge in [0, 0.05) is 50.6 Å². The maximum Gasteiger partial charge on any atom is 0.308 e. The first-order valence-corrected chi connectivity index (χ1v) is 26.4. The largest absolute Gasteiger partial charge is 0.455 e. The number of likely N-dealkylation sites (N-methyl/N-ethyl adjacent to an activating group) is 1. The summed E-state index contributed by atoms with van der Waals surface area (Å²) in [5, 5.41) is 4.59. The number of piperidine rings is 1. The van der Waals surface area contributed by atoms with Gasteiger partial charge in [-0.15, -0.1) is 11.3 Å². The first-order chi connectivity index (χ1) is 33.0. The number of nitrogens with one attached hydrogen (secondary N) is 1. The Hall–Kier alpha value is -4.27. The number of esters is 2. The number of carbonyl (C=O) groups excluding carboxylic acids is 7. The summed E-state index contributed by atoms with van der Waals surface area (Å²) in [6.45, 7) is 13.5. The number of benzene rings is 1. The van der Waals surface area contributed by atoms with E-state index in [9.17, 15) is 33.6 Å². The van der Waals surface area contributed by atoms with Crippen molar-refractivity contribution in [2.45, 2.75) is 128 Å². The fourth-order valence-electron chi connectivity index (χ4n) is 8.70. The lowest BCUT2D eigenvalue weighted by atomic mass is 9.83. The molecule has 8 atom stereocenters. The van der Waals surface area contributed by atoms with Gasteiger partial charge in [0.15, 0.2) is 11.9 Å². The highest BCUT2D eigenvalue weighted by Crippen LogP contribution is 2.33. The van der Waals surface area contributed by atoms with E-state index in [2.05, 4.69) is 15.2 Å². The Morgan fingerprint density at radius 2 is 1.61 bits per heavy atom. The predicted octanol–water partition coefficient (Wildman–Crippen LogP) is 6.06. The van der Waals surface area contributed by atoms with Gasteiger partial charge in [-0.25, -0.2) is 4.98 Å². The van der Waals surface area contributed by atoms with Gasteiger partial charge in [0.25, 0.3) is 5.91 Å². The summed E-state index contributed by atoms with van der Waals surface area (Å²) in [7, 11) is 3.73. The number of hydrogen-bond donors (Lipinski definition) is 1. The third-order valence-corrected chi connectivity index (χ3v) is 14.8. The molecule has 2 aliphatic rings. The van der Waals surface area contributed by atoms with Crippen LogP contribution >= 0.6 is 23.1 Å². The molecule has 19 heteroatoms. The lowest BCUT2D eigenvalue weighted by Gasteiger charge is -2.37. The maximum atomic E-state index is 14.4. The van der Waals surface area contributed by atoms with Gasteiger partial charge in [-0.3, -0.25) is 43.4 Å². The molecule has 0 bridgehead atoms. The molecule has 2 fully saturated rings. The molecule has 0 radical (unpaired) electrons. The molecule has 0 spiro atoms. The normalized spacial score (nSPS) is 19.1. The van der Waals surface area contributed by atoms with Gasteiger partial charge in [0.1, 0.15) is 16.8 Å². The number of thiazole rings is 1. The van der Waals surface area contributed by atoms with E-state index in [1.54, 1.807) is 36.4 Å². The van der Waals surface area contributed by atoms with E-state index in [0.29, 0.717) is 17.2 Å². The van der Waals surface area contributed by atoms with Crippen LogP contribution in [-0.4, -0.2) is 157 Å². The molecule has 69 heavy (non-hydrogen) atoms. The number of ether oxygens (including phenoxy) is 5. The van der Waals surface area contributed by atoms with Crippen molar-refractivity contribution in [3.8, 4) is 0 Å². The van der Waals surface area contributed by atoms with Gasteiger partial charge in [-0.05, 0) is 57.0 Å². The standard InChI is InChI=1S/C50H75N5O12S2/c1-10-33(4)37(28-41(57)39-18-14-15-20-53(39)7)49(61)54(8)40(32(2)3)29-42(66-35(6)56)48-52-38(31-69-48)47(60)51-34(5)46(36-16-12-11-13-17-36)67-45(59)19-22-63-24-26-65-27-25-64-23-21-55-44(58)30-43(68-9)50(55)62/h11-13,16-17,31-34,37,39-40,42-43,46H,10,14-15,18-30H2,1-9H3,(H,51,60)/t33-,34+,37-,39?,40+,42+,43?,46+/m0/s1. The third kappa shape index (κ3) is 17.5. The first-order valence-electron chi connectivity index (χ1n) is 24.2. The molecular formula is C50H75N5O12S2. The van der Waals surface area contributed by atoms with Crippen LogP contribution in [0.25, 0.3) is 0 Å². The molecule has 2 unspecified atom stereocenters. The van der Waals surface area contributed by atoms with E-state index in [4.69, 9.17) is 23.7 Å². The number of carbonyl (C=O) groups is 7. The van der Waals surface area contributed by atoms with Crippen molar-refractivity contribution >= 4 is 64.4 Å². The Balaban J connectivity index is 1.30. The van der Waals surface area contributed by atoms with Crippen LogP contribution in [0.15, 0.2) is 35.7 Å². The number of hydrogen-bond acceptors (Lipinski definition) is 16. The highest BCUT2D eigenvalue weighted by Gasteiger charge is 2.39. The minimum Gasteiger partial charge on any atom is -0.455 e. The van der Waals surface area contributed by atoms with Crippen LogP contribution in [0.5, 0.6) is 0 Å². The molecule has 0 aliphatic carbocycles. The average Bonchev–Trinajstić information content (AvgIpc) is 3.93. The molecule has 1 aromatic carbocycles. The smallest absolute Gasteiger partial charge is 0.308 e. The van der Waals surface area contributed by atoms with Crippen molar-refractivity contribution in [2.24, 2.45) is 17.8 Å². The summed E-state index contributed by atoms with van der Waals surface area (Å²) in [6, 6.07) is 7.81. The summed E-state index contributed by atoms with van der Waals surface area (Å²) in [4.78, 5) is 101. The number of aromatic nitrogens is 1. The van der Waals surface area contributed by atoms with Crippen LogP contribution < -0.4 is 5.32 Å². The molecular weight excluding hydrogens is 927 g/mol. The Bertz CT molecular complexity index is 1990. The molecule has 0 saturated carbocycles. The Morgan fingerprint density at radius 1 is 0.942 bits per heavy atom. The molecule has 1 N–H and O–H groups in total. The fourth-order valence-corrected chi connectivity index (χ4v) is 10.2. The quantitative estimate of drug-likeness (QED) is 0.0538. The van der Waals surface area contributed by atoms with Crippen molar-refractivity contribution in [2.75, 3.05) is 73.1 Å². The highest BCUT2D eigenvalue weighted by atomic mass is 32.2. The summed E-state index contributed by atoms with van der Waals surface area (Å²) in [5.74, 6) is -2.54. The van der Waals surface area contributed by atoms with Crippen LogP contribution in [0.1, 0.15) is 126 Å². The highest BCUT2D eigenvalue weighted by molar-refractivity contribution is 8.00. The van der Waals surface area contributed by atoms with Crippen LogP contribution in [-0.2, 0) is 52.5 Å². The van der Waals surface area contributed by atoms with Crippen LogP contribution in [0.3, 0.4) is 0 Å². The van der Waals surface area contributed by atoms with Gasteiger partial charge < -0.3 is 33.9 Å². The van der Waals surface area contributed by atoms with Gasteiger partial charge in [-0.2, -0.15) is 11.8 Å². The zero-order valence-electron chi connectivity index (χ0n) is 42.0. The monoisotopic (exact) mass is 1000 g/mol. The van der Waals surface area contributed by atoms with E-state index in [-0.39, 0.29) is 124 Å². The van der Waals surface area contributed by atoms with Crippen molar-refractivity contribution < 1.29 is 57.2 Å². The van der Waals surface area contributed by atoms with E-state index in [1.807, 2.05) is 59.2 Å². The van der Waals surface area contributed by atoms with Crippen LogP contribution in [0.2, 0.25) is 0 Å². The summed E-state index contributed by atoms with van der Waals surface area (Å²) < 4.78 is 28.4. The van der Waals surface area contributed by atoms with Crippen molar-refractivity contribution in [1.82, 2.24) is 25.0 Å². The van der Waals surface area contributed by atoms with E-state index in [0.717, 1.165) is 32.2 Å². The first kappa shape index (κ1) is 57.3. The lowest BCUT2D eigenvalue weighted by Crippen LogP contribution is -2.48. The predicted molar refractivity (Wildman–Crippen MR) is 263 cm³/mol. The number of imide groups is 1. The minimum atomic E-state index is -0.861.